The van der Waals surface area contributed by atoms with Gasteiger partial charge in [0, 0.05) is 0 Å². The maximum absolute atomic E-state index is 9.21. The molecule has 0 aromatic heterocycles. The van der Waals surface area contributed by atoms with Gasteiger partial charge in [-0.1, -0.05) is 31.4 Å². The Hall–Kier alpha value is -0.690. The fourth-order valence-corrected chi connectivity index (χ4v) is 2.75. The molecule has 1 aromatic carbocycles. The van der Waals surface area contributed by atoms with Gasteiger partial charge in [-0.3, -0.25) is 0 Å². The molecule has 0 saturated heterocycles. The molecule has 0 amide bonds. The summed E-state index contributed by atoms with van der Waals surface area (Å²) in [4.78, 5) is 0. The van der Waals surface area contributed by atoms with Crippen LogP contribution in [0.2, 0.25) is 0 Å². The maximum atomic E-state index is 9.21. The Kier molecular flexibility index (Phi) is 3.53. The number of aromatic hydroxyl groups is 1. The van der Waals surface area contributed by atoms with Crippen LogP contribution in [0.25, 0.3) is 0 Å². The molecular formula is C13H17ClO. The molecule has 0 aliphatic heterocycles. The average molecular weight is 225 g/mol. The first-order valence-electron chi connectivity index (χ1n) is 5.70. The van der Waals surface area contributed by atoms with Crippen molar-refractivity contribution in [2.75, 3.05) is 0 Å². The molecule has 1 fully saturated rings. The smallest absolute Gasteiger partial charge is 0.115 e. The number of benzene rings is 1. The Bertz CT molecular complexity index is 301. The van der Waals surface area contributed by atoms with Crippen molar-refractivity contribution in [3.8, 4) is 5.75 Å². The van der Waals surface area contributed by atoms with Gasteiger partial charge in [-0.2, -0.15) is 0 Å². The lowest BCUT2D eigenvalue weighted by molar-refractivity contribution is 0.348. The van der Waals surface area contributed by atoms with E-state index in [1.165, 1.54) is 32.1 Å². The van der Waals surface area contributed by atoms with Crippen LogP contribution in [0.4, 0.5) is 0 Å². The molecule has 2 rings (SSSR count). The van der Waals surface area contributed by atoms with Crippen LogP contribution in [-0.4, -0.2) is 5.11 Å². The highest BCUT2D eigenvalue weighted by Gasteiger charge is 2.22. The lowest BCUT2D eigenvalue weighted by atomic mass is 9.84. The number of rotatable bonds is 2. The van der Waals surface area contributed by atoms with Crippen molar-refractivity contribution < 1.29 is 5.11 Å². The molecule has 1 nitrogen and oxygen atoms in total. The molecule has 82 valence electrons. The Morgan fingerprint density at radius 1 is 1.07 bits per heavy atom. The predicted octanol–water partition coefficient (Wildman–Crippen LogP) is 4.25. The molecule has 15 heavy (non-hydrogen) atoms. The zero-order chi connectivity index (χ0) is 10.7. The lowest BCUT2D eigenvalue weighted by Gasteiger charge is -2.26. The maximum Gasteiger partial charge on any atom is 0.115 e. The molecule has 1 N–H and O–H groups in total. The van der Waals surface area contributed by atoms with Crippen LogP contribution in [0.5, 0.6) is 5.75 Å². The molecule has 1 atom stereocenters. The van der Waals surface area contributed by atoms with Gasteiger partial charge in [0.15, 0.2) is 0 Å². The van der Waals surface area contributed by atoms with E-state index in [4.69, 9.17) is 11.6 Å². The number of hydrogen-bond acceptors (Lipinski definition) is 1. The van der Waals surface area contributed by atoms with E-state index < -0.39 is 0 Å². The highest BCUT2D eigenvalue weighted by Crippen LogP contribution is 2.38. The van der Waals surface area contributed by atoms with Crippen LogP contribution in [0.3, 0.4) is 0 Å². The molecule has 1 aliphatic carbocycles. The number of phenolic OH excluding ortho intramolecular Hbond substituents is 1. The summed E-state index contributed by atoms with van der Waals surface area (Å²) in [5.74, 6) is 0.927. The molecule has 1 saturated carbocycles. The van der Waals surface area contributed by atoms with Crippen LogP contribution < -0.4 is 0 Å². The lowest BCUT2D eigenvalue weighted by Crippen LogP contribution is -2.12. The van der Waals surface area contributed by atoms with Crippen molar-refractivity contribution in [1.82, 2.24) is 0 Å². The van der Waals surface area contributed by atoms with Crippen LogP contribution in [0.15, 0.2) is 24.3 Å². The van der Waals surface area contributed by atoms with Crippen molar-refractivity contribution in [2.45, 2.75) is 37.5 Å². The fraction of sp³-hybridized carbons (Fsp3) is 0.538. The third-order valence-corrected chi connectivity index (χ3v) is 3.88. The van der Waals surface area contributed by atoms with Gasteiger partial charge in [0.1, 0.15) is 5.75 Å². The molecule has 0 heterocycles. The first-order valence-corrected chi connectivity index (χ1v) is 6.14. The summed E-state index contributed by atoms with van der Waals surface area (Å²) >= 11 is 6.46. The highest BCUT2D eigenvalue weighted by molar-refractivity contribution is 6.21. The Morgan fingerprint density at radius 2 is 1.67 bits per heavy atom. The van der Waals surface area contributed by atoms with Crippen LogP contribution in [0.1, 0.15) is 43.0 Å². The van der Waals surface area contributed by atoms with Crippen LogP contribution in [-0.2, 0) is 0 Å². The second-order valence-electron chi connectivity index (χ2n) is 4.39. The summed E-state index contributed by atoms with van der Waals surface area (Å²) in [6.45, 7) is 0. The normalized spacial score (nSPS) is 20.1. The second kappa shape index (κ2) is 4.89. The molecule has 1 aliphatic rings. The summed E-state index contributed by atoms with van der Waals surface area (Å²) in [6, 6.07) is 7.30. The van der Waals surface area contributed by atoms with Gasteiger partial charge in [0.2, 0.25) is 0 Å². The third kappa shape index (κ3) is 2.66. The largest absolute Gasteiger partial charge is 0.508 e. The summed E-state index contributed by atoms with van der Waals surface area (Å²) in [5, 5.41) is 9.32. The van der Waals surface area contributed by atoms with E-state index in [-0.39, 0.29) is 5.38 Å². The number of phenols is 1. The quantitative estimate of drug-likeness (QED) is 0.745. The van der Waals surface area contributed by atoms with Crippen LogP contribution in [0, 0.1) is 5.92 Å². The molecular weight excluding hydrogens is 208 g/mol. The Morgan fingerprint density at radius 3 is 2.27 bits per heavy atom. The van der Waals surface area contributed by atoms with Crippen molar-refractivity contribution in [1.29, 1.82) is 0 Å². The SMILES string of the molecule is Oc1ccc(C(Cl)C2CCCCC2)cc1. The van der Waals surface area contributed by atoms with Crippen molar-refractivity contribution in [3.05, 3.63) is 29.8 Å². The zero-order valence-corrected chi connectivity index (χ0v) is 9.58. The first kappa shape index (κ1) is 10.8. The molecule has 1 unspecified atom stereocenters. The van der Waals surface area contributed by atoms with Gasteiger partial charge in [0.25, 0.3) is 0 Å². The van der Waals surface area contributed by atoms with Gasteiger partial charge in [0.05, 0.1) is 5.38 Å². The first-order chi connectivity index (χ1) is 7.27. The van der Waals surface area contributed by atoms with E-state index in [0.29, 0.717) is 11.7 Å². The van der Waals surface area contributed by atoms with Crippen molar-refractivity contribution in [2.24, 2.45) is 5.92 Å². The summed E-state index contributed by atoms with van der Waals surface area (Å²) in [5.41, 5.74) is 1.14. The van der Waals surface area contributed by atoms with Gasteiger partial charge < -0.3 is 5.11 Å². The second-order valence-corrected chi connectivity index (χ2v) is 4.86. The average Bonchev–Trinajstić information content (AvgIpc) is 2.30. The van der Waals surface area contributed by atoms with E-state index >= 15 is 0 Å². The molecule has 0 bridgehead atoms. The number of alkyl halides is 1. The fourth-order valence-electron chi connectivity index (χ4n) is 2.36. The minimum atomic E-state index is 0.117. The van der Waals surface area contributed by atoms with Crippen molar-refractivity contribution >= 4 is 11.6 Å². The van der Waals surface area contributed by atoms with Crippen molar-refractivity contribution in [3.63, 3.8) is 0 Å². The monoisotopic (exact) mass is 224 g/mol. The minimum Gasteiger partial charge on any atom is -0.508 e. The minimum absolute atomic E-state index is 0.117. The van der Waals surface area contributed by atoms with Gasteiger partial charge in [-0.25, -0.2) is 0 Å². The summed E-state index contributed by atoms with van der Waals surface area (Å²) in [7, 11) is 0. The number of hydrogen-bond donors (Lipinski definition) is 1. The topological polar surface area (TPSA) is 20.2 Å². The summed E-state index contributed by atoms with van der Waals surface area (Å²) < 4.78 is 0. The van der Waals surface area contributed by atoms with E-state index in [2.05, 4.69) is 0 Å². The van der Waals surface area contributed by atoms with Gasteiger partial charge >= 0.3 is 0 Å². The third-order valence-electron chi connectivity index (χ3n) is 3.28. The predicted molar refractivity (Wildman–Crippen MR) is 63.3 cm³/mol. The highest BCUT2D eigenvalue weighted by atomic mass is 35.5. The van der Waals surface area contributed by atoms with E-state index in [1.54, 1.807) is 12.1 Å². The van der Waals surface area contributed by atoms with Gasteiger partial charge in [-0.05, 0) is 36.5 Å². The Labute approximate surface area is 96.1 Å². The van der Waals surface area contributed by atoms with Crippen LogP contribution >= 0.6 is 11.6 Å². The number of halogens is 1. The molecule has 2 heteroatoms. The zero-order valence-electron chi connectivity index (χ0n) is 8.82. The molecule has 0 spiro atoms. The van der Waals surface area contributed by atoms with E-state index in [0.717, 1.165) is 5.56 Å². The standard InChI is InChI=1S/C13H17ClO/c14-13(10-4-2-1-3-5-10)11-6-8-12(15)9-7-11/h6-10,13,15H,1-5H2. The van der Waals surface area contributed by atoms with E-state index in [9.17, 15) is 5.11 Å². The van der Waals surface area contributed by atoms with E-state index in [1.807, 2.05) is 12.1 Å². The Balaban J connectivity index is 2.05. The molecule has 1 aromatic rings. The van der Waals surface area contributed by atoms with Gasteiger partial charge in [-0.15, -0.1) is 11.6 Å². The summed E-state index contributed by atoms with van der Waals surface area (Å²) in [6.07, 6.45) is 6.47. The molecule has 0 radical (unpaired) electrons.